The Morgan fingerprint density at radius 1 is 1.40 bits per heavy atom. The minimum Gasteiger partial charge on any atom is -0.336 e. The van der Waals surface area contributed by atoms with E-state index in [0.29, 0.717) is 10.7 Å². The summed E-state index contributed by atoms with van der Waals surface area (Å²) >= 11 is 7.49. The van der Waals surface area contributed by atoms with E-state index in [1.54, 1.807) is 17.5 Å². The Morgan fingerprint density at radius 3 is 3.13 bits per heavy atom. The Labute approximate surface area is 94.8 Å². The predicted molar refractivity (Wildman–Crippen MR) is 62.2 cm³/mol. The molecule has 0 spiro atoms. The molecule has 74 valence electrons. The number of H-pyrrole nitrogens is 1. The Balaban J connectivity index is 2.22. The maximum atomic E-state index is 5.85. The molecule has 0 aliphatic carbocycles. The van der Waals surface area contributed by atoms with Gasteiger partial charge in [-0.05, 0) is 17.5 Å². The topological polar surface area (TPSA) is 41.6 Å². The Morgan fingerprint density at radius 2 is 2.33 bits per heavy atom. The van der Waals surface area contributed by atoms with Gasteiger partial charge in [0.1, 0.15) is 5.82 Å². The van der Waals surface area contributed by atoms with Crippen LogP contribution in [0, 0.1) is 0 Å². The molecule has 0 aliphatic heterocycles. The van der Waals surface area contributed by atoms with Gasteiger partial charge < -0.3 is 4.98 Å². The molecule has 3 aromatic heterocycles. The first kappa shape index (κ1) is 8.88. The van der Waals surface area contributed by atoms with Crippen molar-refractivity contribution in [3.63, 3.8) is 0 Å². The number of aromatic nitrogens is 3. The molecular formula is C10H6ClN3S. The molecule has 0 fully saturated rings. The molecule has 1 N–H and O–H groups in total. The van der Waals surface area contributed by atoms with E-state index >= 15 is 0 Å². The van der Waals surface area contributed by atoms with Gasteiger partial charge in [0.25, 0.3) is 0 Å². The second kappa shape index (κ2) is 3.32. The molecule has 3 heterocycles. The van der Waals surface area contributed by atoms with Gasteiger partial charge in [-0.1, -0.05) is 17.7 Å². The van der Waals surface area contributed by atoms with Crippen molar-refractivity contribution < 1.29 is 0 Å². The van der Waals surface area contributed by atoms with E-state index in [9.17, 15) is 0 Å². The third kappa shape index (κ3) is 1.52. The number of nitrogens with zero attached hydrogens (tertiary/aromatic N) is 2. The van der Waals surface area contributed by atoms with Gasteiger partial charge in [-0.3, -0.25) is 0 Å². The summed E-state index contributed by atoms with van der Waals surface area (Å²) in [7, 11) is 0. The van der Waals surface area contributed by atoms with E-state index in [4.69, 9.17) is 11.6 Å². The van der Waals surface area contributed by atoms with E-state index in [1.165, 1.54) is 0 Å². The lowest BCUT2D eigenvalue weighted by Gasteiger charge is -1.87. The van der Waals surface area contributed by atoms with Crippen molar-refractivity contribution >= 4 is 34.1 Å². The Hall–Kier alpha value is -1.39. The number of hydrogen-bond acceptors (Lipinski definition) is 3. The third-order valence-corrected chi connectivity index (χ3v) is 3.14. The molecule has 15 heavy (non-hydrogen) atoms. The van der Waals surface area contributed by atoms with Crippen molar-refractivity contribution in [2.75, 3.05) is 0 Å². The summed E-state index contributed by atoms with van der Waals surface area (Å²) in [4.78, 5) is 12.8. The van der Waals surface area contributed by atoms with Crippen molar-refractivity contribution in [1.29, 1.82) is 0 Å². The number of nitrogens with one attached hydrogen (secondary N) is 1. The van der Waals surface area contributed by atoms with Crippen LogP contribution in [-0.2, 0) is 0 Å². The fourth-order valence-corrected chi connectivity index (χ4v) is 2.23. The smallest absolute Gasteiger partial charge is 0.178 e. The van der Waals surface area contributed by atoms with Crippen LogP contribution in [0.4, 0.5) is 0 Å². The first-order valence-electron chi connectivity index (χ1n) is 4.38. The number of aromatic amines is 1. The lowest BCUT2D eigenvalue weighted by Crippen LogP contribution is -1.74. The highest BCUT2D eigenvalue weighted by Gasteiger charge is 2.06. The van der Waals surface area contributed by atoms with Crippen LogP contribution >= 0.6 is 22.9 Å². The van der Waals surface area contributed by atoms with Crippen molar-refractivity contribution in [3.8, 4) is 10.7 Å². The van der Waals surface area contributed by atoms with Crippen LogP contribution < -0.4 is 0 Å². The van der Waals surface area contributed by atoms with Gasteiger partial charge >= 0.3 is 0 Å². The number of halogens is 1. The number of hydrogen-bond donors (Lipinski definition) is 1. The molecule has 0 aliphatic rings. The van der Waals surface area contributed by atoms with Crippen molar-refractivity contribution in [1.82, 2.24) is 15.0 Å². The van der Waals surface area contributed by atoms with Crippen molar-refractivity contribution in [2.45, 2.75) is 0 Å². The summed E-state index contributed by atoms with van der Waals surface area (Å²) in [6.45, 7) is 0. The molecule has 0 atom stereocenters. The molecule has 0 saturated heterocycles. The zero-order chi connectivity index (χ0) is 10.3. The van der Waals surface area contributed by atoms with Gasteiger partial charge in [-0.2, -0.15) is 0 Å². The molecule has 0 amide bonds. The highest BCUT2D eigenvalue weighted by atomic mass is 35.5. The fraction of sp³-hybridized carbons (Fsp3) is 0. The molecule has 3 rings (SSSR count). The molecule has 3 nitrogen and oxygen atoms in total. The largest absolute Gasteiger partial charge is 0.336 e. The fourth-order valence-electron chi connectivity index (χ4n) is 1.40. The van der Waals surface area contributed by atoms with E-state index in [1.807, 2.05) is 23.6 Å². The summed E-state index contributed by atoms with van der Waals surface area (Å²) < 4.78 is 0. The highest BCUT2D eigenvalue weighted by Crippen LogP contribution is 2.24. The number of rotatable bonds is 1. The van der Waals surface area contributed by atoms with E-state index < -0.39 is 0 Å². The van der Waals surface area contributed by atoms with Crippen LogP contribution in [0.25, 0.3) is 21.9 Å². The van der Waals surface area contributed by atoms with Crippen LogP contribution in [0.1, 0.15) is 0 Å². The standard InChI is InChI=1S/C10H6ClN3S/c11-6-4-7-9(12-5-6)14-10(13-7)8-2-1-3-15-8/h1-5H,(H,12,13,14). The second-order valence-electron chi connectivity index (χ2n) is 3.09. The van der Waals surface area contributed by atoms with Gasteiger partial charge in [0.15, 0.2) is 5.65 Å². The first-order chi connectivity index (χ1) is 7.33. The van der Waals surface area contributed by atoms with E-state index in [-0.39, 0.29) is 0 Å². The zero-order valence-corrected chi connectivity index (χ0v) is 9.14. The zero-order valence-electron chi connectivity index (χ0n) is 7.57. The molecule has 0 radical (unpaired) electrons. The van der Waals surface area contributed by atoms with Crippen LogP contribution in [0.3, 0.4) is 0 Å². The van der Waals surface area contributed by atoms with Crippen LogP contribution in [0.5, 0.6) is 0 Å². The van der Waals surface area contributed by atoms with Crippen LogP contribution in [0.2, 0.25) is 5.02 Å². The molecule has 0 bridgehead atoms. The van der Waals surface area contributed by atoms with E-state index in [2.05, 4.69) is 15.0 Å². The highest BCUT2D eigenvalue weighted by molar-refractivity contribution is 7.13. The summed E-state index contributed by atoms with van der Waals surface area (Å²) in [6.07, 6.45) is 1.60. The van der Waals surface area contributed by atoms with Gasteiger partial charge in [0, 0.05) is 6.20 Å². The van der Waals surface area contributed by atoms with Crippen LogP contribution in [-0.4, -0.2) is 15.0 Å². The number of pyridine rings is 1. The molecule has 5 heteroatoms. The van der Waals surface area contributed by atoms with Gasteiger partial charge in [0.2, 0.25) is 0 Å². The van der Waals surface area contributed by atoms with Gasteiger partial charge in [0.05, 0.1) is 15.4 Å². The maximum Gasteiger partial charge on any atom is 0.178 e. The maximum absolute atomic E-state index is 5.85. The normalized spacial score (nSPS) is 11.0. The first-order valence-corrected chi connectivity index (χ1v) is 5.64. The predicted octanol–water partition coefficient (Wildman–Crippen LogP) is 3.34. The third-order valence-electron chi connectivity index (χ3n) is 2.06. The second-order valence-corrected chi connectivity index (χ2v) is 4.47. The Kier molecular flexibility index (Phi) is 1.97. The van der Waals surface area contributed by atoms with E-state index in [0.717, 1.165) is 16.2 Å². The lowest BCUT2D eigenvalue weighted by atomic mass is 10.4. The minimum atomic E-state index is 0.615. The summed E-state index contributed by atoms with van der Waals surface area (Å²) in [5.74, 6) is 0.842. The summed E-state index contributed by atoms with van der Waals surface area (Å²) in [5, 5.41) is 2.63. The van der Waals surface area contributed by atoms with Crippen molar-refractivity contribution in [3.05, 3.63) is 34.8 Å². The SMILES string of the molecule is Clc1cnc2nc(-c3cccs3)[nH]c2c1. The number of fused-ring (bicyclic) bond motifs is 1. The molecular weight excluding hydrogens is 230 g/mol. The molecule has 3 aromatic rings. The van der Waals surface area contributed by atoms with Gasteiger partial charge in [-0.25, -0.2) is 9.97 Å². The number of imidazole rings is 1. The quantitative estimate of drug-likeness (QED) is 0.703. The Bertz CT molecular complexity index is 600. The average Bonchev–Trinajstić information content (AvgIpc) is 2.84. The van der Waals surface area contributed by atoms with Crippen molar-refractivity contribution in [2.24, 2.45) is 0 Å². The summed E-state index contributed by atoms with van der Waals surface area (Å²) in [5.41, 5.74) is 1.56. The molecule has 0 unspecified atom stereocenters. The van der Waals surface area contributed by atoms with Crippen LogP contribution in [0.15, 0.2) is 29.8 Å². The average molecular weight is 236 g/mol. The minimum absolute atomic E-state index is 0.615. The monoisotopic (exact) mass is 235 g/mol. The number of thiophene rings is 1. The molecule has 0 aromatic carbocycles. The van der Waals surface area contributed by atoms with Gasteiger partial charge in [-0.15, -0.1) is 11.3 Å². The molecule has 0 saturated carbocycles. The lowest BCUT2D eigenvalue weighted by molar-refractivity contribution is 1.31. The summed E-state index contributed by atoms with van der Waals surface area (Å²) in [6, 6.07) is 5.84.